The zero-order valence-electron chi connectivity index (χ0n) is 7.97. The van der Waals surface area contributed by atoms with Gasteiger partial charge in [0, 0.05) is 11.6 Å². The SMILES string of the molecule is Nc1cc(-c2ccc3sc(=O)oc3c2)on1. The maximum Gasteiger partial charge on any atom is 0.396 e. The van der Waals surface area contributed by atoms with Crippen LogP contribution in [0.25, 0.3) is 21.6 Å². The minimum atomic E-state index is -0.316. The highest BCUT2D eigenvalue weighted by atomic mass is 32.1. The van der Waals surface area contributed by atoms with E-state index in [9.17, 15) is 4.79 Å². The quantitative estimate of drug-likeness (QED) is 0.697. The molecule has 0 amide bonds. The topological polar surface area (TPSA) is 82.3 Å². The number of fused-ring (bicyclic) bond motifs is 1. The van der Waals surface area contributed by atoms with Gasteiger partial charge < -0.3 is 14.7 Å². The highest BCUT2D eigenvalue weighted by Crippen LogP contribution is 2.26. The van der Waals surface area contributed by atoms with E-state index >= 15 is 0 Å². The maximum atomic E-state index is 11.0. The predicted molar refractivity (Wildman–Crippen MR) is 60.3 cm³/mol. The van der Waals surface area contributed by atoms with E-state index in [1.165, 1.54) is 0 Å². The van der Waals surface area contributed by atoms with Crippen molar-refractivity contribution in [3.63, 3.8) is 0 Å². The van der Waals surface area contributed by atoms with Gasteiger partial charge in [-0.2, -0.15) is 0 Å². The van der Waals surface area contributed by atoms with Crippen molar-refractivity contribution in [2.45, 2.75) is 0 Å². The molecule has 0 saturated heterocycles. The first kappa shape index (κ1) is 9.17. The Morgan fingerprint density at radius 3 is 2.94 bits per heavy atom. The van der Waals surface area contributed by atoms with Crippen LogP contribution in [0, 0.1) is 0 Å². The summed E-state index contributed by atoms with van der Waals surface area (Å²) in [5.74, 6) is 0.870. The molecule has 0 fully saturated rings. The van der Waals surface area contributed by atoms with Crippen molar-refractivity contribution in [2.75, 3.05) is 5.73 Å². The third-order valence-electron chi connectivity index (χ3n) is 2.14. The highest BCUT2D eigenvalue weighted by Gasteiger charge is 2.08. The molecule has 2 heterocycles. The van der Waals surface area contributed by atoms with Crippen molar-refractivity contribution in [1.29, 1.82) is 0 Å². The van der Waals surface area contributed by atoms with Crippen LogP contribution in [0.1, 0.15) is 0 Å². The maximum absolute atomic E-state index is 11.0. The molecule has 0 bridgehead atoms. The molecule has 1 aromatic carbocycles. The summed E-state index contributed by atoms with van der Waals surface area (Å²) >= 11 is 1.07. The number of hydrogen-bond donors (Lipinski definition) is 1. The summed E-state index contributed by atoms with van der Waals surface area (Å²) in [5.41, 5.74) is 6.78. The minimum absolute atomic E-state index is 0.316. The third-order valence-corrected chi connectivity index (χ3v) is 2.95. The molecule has 5 nitrogen and oxygen atoms in total. The summed E-state index contributed by atoms with van der Waals surface area (Å²) < 4.78 is 10.8. The van der Waals surface area contributed by atoms with Crippen molar-refractivity contribution >= 4 is 27.4 Å². The van der Waals surface area contributed by atoms with E-state index in [-0.39, 0.29) is 4.94 Å². The van der Waals surface area contributed by atoms with Gasteiger partial charge in [-0.1, -0.05) is 16.5 Å². The molecule has 0 atom stereocenters. The summed E-state index contributed by atoms with van der Waals surface area (Å²) in [7, 11) is 0. The zero-order chi connectivity index (χ0) is 11.1. The molecule has 2 N–H and O–H groups in total. The Labute approximate surface area is 93.1 Å². The number of aromatic nitrogens is 1. The lowest BCUT2D eigenvalue weighted by molar-refractivity contribution is 0.436. The summed E-state index contributed by atoms with van der Waals surface area (Å²) in [5, 5.41) is 3.59. The van der Waals surface area contributed by atoms with E-state index in [1.807, 2.05) is 6.07 Å². The first-order valence-corrected chi connectivity index (χ1v) is 5.30. The molecule has 0 aliphatic heterocycles. The molecule has 3 rings (SSSR count). The molecule has 2 aromatic heterocycles. The first-order chi connectivity index (χ1) is 7.72. The Hall–Kier alpha value is -2.08. The lowest BCUT2D eigenvalue weighted by atomic mass is 10.2. The smallest absolute Gasteiger partial charge is 0.396 e. The molecule has 0 aliphatic carbocycles. The van der Waals surface area contributed by atoms with Crippen LogP contribution in [0.2, 0.25) is 0 Å². The van der Waals surface area contributed by atoms with Crippen molar-refractivity contribution < 1.29 is 8.94 Å². The Morgan fingerprint density at radius 2 is 2.19 bits per heavy atom. The van der Waals surface area contributed by atoms with Gasteiger partial charge in [0.15, 0.2) is 11.6 Å². The van der Waals surface area contributed by atoms with E-state index in [0.29, 0.717) is 17.2 Å². The molecule has 0 aliphatic rings. The average molecular weight is 234 g/mol. The normalized spacial score (nSPS) is 11.0. The predicted octanol–water partition coefficient (Wildman–Crippen LogP) is 2.09. The second kappa shape index (κ2) is 3.21. The lowest BCUT2D eigenvalue weighted by Crippen LogP contribution is -1.80. The van der Waals surface area contributed by atoms with Gasteiger partial charge >= 0.3 is 4.94 Å². The van der Waals surface area contributed by atoms with Crippen LogP contribution in [0.3, 0.4) is 0 Å². The van der Waals surface area contributed by atoms with Gasteiger partial charge in [0.2, 0.25) is 0 Å². The second-order valence-electron chi connectivity index (χ2n) is 3.23. The Balaban J connectivity index is 2.21. The largest absolute Gasteiger partial charge is 0.414 e. The van der Waals surface area contributed by atoms with Gasteiger partial charge in [0.05, 0.1) is 4.70 Å². The molecule has 6 heteroatoms. The molecular weight excluding hydrogens is 228 g/mol. The van der Waals surface area contributed by atoms with Crippen LogP contribution >= 0.6 is 11.3 Å². The fourth-order valence-corrected chi connectivity index (χ4v) is 2.10. The minimum Gasteiger partial charge on any atom is -0.414 e. The molecule has 3 aromatic rings. The summed E-state index contributed by atoms with van der Waals surface area (Å²) in [6, 6.07) is 6.98. The molecule has 80 valence electrons. The van der Waals surface area contributed by atoms with E-state index in [0.717, 1.165) is 21.6 Å². The first-order valence-electron chi connectivity index (χ1n) is 4.48. The molecular formula is C10H6N2O3S. The number of hydrogen-bond acceptors (Lipinski definition) is 6. The van der Waals surface area contributed by atoms with Crippen molar-refractivity contribution in [2.24, 2.45) is 0 Å². The van der Waals surface area contributed by atoms with Gasteiger partial charge in [-0.3, -0.25) is 0 Å². The Kier molecular flexibility index (Phi) is 1.84. The zero-order valence-corrected chi connectivity index (χ0v) is 8.78. The van der Waals surface area contributed by atoms with Crippen LogP contribution in [0.15, 0.2) is 38.0 Å². The van der Waals surface area contributed by atoms with Gasteiger partial charge in [-0.25, -0.2) is 4.79 Å². The molecule has 0 spiro atoms. The third kappa shape index (κ3) is 1.40. The Bertz CT molecular complexity index is 710. The van der Waals surface area contributed by atoms with E-state index in [1.54, 1.807) is 18.2 Å². The fourth-order valence-electron chi connectivity index (χ4n) is 1.45. The monoisotopic (exact) mass is 234 g/mol. The number of rotatable bonds is 1. The standard InChI is InChI=1S/C10H6N2O3S/c11-9-4-6(15-12-9)5-1-2-8-7(3-5)14-10(13)16-8/h1-4H,(H2,11,12). The molecule has 0 saturated carbocycles. The van der Waals surface area contributed by atoms with Crippen molar-refractivity contribution in [1.82, 2.24) is 5.16 Å². The second-order valence-corrected chi connectivity index (χ2v) is 4.21. The number of nitrogen functional groups attached to an aromatic ring is 1. The van der Waals surface area contributed by atoms with Crippen molar-refractivity contribution in [3.8, 4) is 11.3 Å². The van der Waals surface area contributed by atoms with Gasteiger partial charge in [0.1, 0.15) is 5.58 Å². The Morgan fingerprint density at radius 1 is 1.31 bits per heavy atom. The van der Waals surface area contributed by atoms with E-state index < -0.39 is 0 Å². The van der Waals surface area contributed by atoms with Gasteiger partial charge in [0.25, 0.3) is 0 Å². The molecule has 16 heavy (non-hydrogen) atoms. The summed E-state index contributed by atoms with van der Waals surface area (Å²) in [6.07, 6.45) is 0. The number of benzene rings is 1. The van der Waals surface area contributed by atoms with Gasteiger partial charge in [-0.15, -0.1) is 0 Å². The molecule has 0 radical (unpaired) electrons. The van der Waals surface area contributed by atoms with Gasteiger partial charge in [-0.05, 0) is 18.2 Å². The van der Waals surface area contributed by atoms with Crippen LogP contribution < -0.4 is 10.7 Å². The highest BCUT2D eigenvalue weighted by molar-refractivity contribution is 7.16. The van der Waals surface area contributed by atoms with Crippen LogP contribution in [0.5, 0.6) is 0 Å². The average Bonchev–Trinajstić information content (AvgIpc) is 2.81. The summed E-state index contributed by atoms with van der Waals surface area (Å²) in [6.45, 7) is 0. The fraction of sp³-hybridized carbons (Fsp3) is 0. The number of anilines is 1. The van der Waals surface area contributed by atoms with Crippen LogP contribution in [0.4, 0.5) is 5.82 Å². The van der Waals surface area contributed by atoms with Crippen molar-refractivity contribution in [3.05, 3.63) is 34.0 Å². The summed E-state index contributed by atoms with van der Waals surface area (Å²) in [4.78, 5) is 10.7. The lowest BCUT2D eigenvalue weighted by Gasteiger charge is -1.93. The van der Waals surface area contributed by atoms with Crippen LogP contribution in [-0.2, 0) is 0 Å². The van der Waals surface area contributed by atoms with E-state index in [2.05, 4.69) is 5.16 Å². The molecule has 0 unspecified atom stereocenters. The number of nitrogens with zero attached hydrogens (tertiary/aromatic N) is 1. The van der Waals surface area contributed by atoms with Crippen LogP contribution in [-0.4, -0.2) is 5.16 Å². The number of nitrogens with two attached hydrogens (primary N) is 1. The van der Waals surface area contributed by atoms with E-state index in [4.69, 9.17) is 14.7 Å².